The molecular weight excluding hydrogens is 255 g/mol. The van der Waals surface area contributed by atoms with E-state index in [1.54, 1.807) is 12.1 Å². The molecule has 1 aromatic carbocycles. The van der Waals surface area contributed by atoms with Gasteiger partial charge in [-0.05, 0) is 24.6 Å². The van der Waals surface area contributed by atoms with Crippen LogP contribution in [0.4, 0.5) is 5.69 Å². The van der Waals surface area contributed by atoms with Gasteiger partial charge in [-0.25, -0.2) is 4.99 Å². The van der Waals surface area contributed by atoms with Crippen LogP contribution < -0.4 is 0 Å². The van der Waals surface area contributed by atoms with Gasteiger partial charge in [-0.1, -0.05) is 29.3 Å². The first kappa shape index (κ1) is 12.5. The highest BCUT2D eigenvalue weighted by atomic mass is 35.5. The van der Waals surface area contributed by atoms with Crippen LogP contribution >= 0.6 is 23.2 Å². The summed E-state index contributed by atoms with van der Waals surface area (Å²) in [6.45, 7) is 5.63. The van der Waals surface area contributed by atoms with E-state index >= 15 is 0 Å². The Morgan fingerprint density at radius 3 is 2.94 bits per heavy atom. The summed E-state index contributed by atoms with van der Waals surface area (Å²) < 4.78 is 0. The number of rotatable bonds is 3. The zero-order valence-electron chi connectivity index (χ0n) is 9.50. The smallest absolute Gasteiger partial charge is 0.105 e. The molecule has 4 heteroatoms. The van der Waals surface area contributed by atoms with Gasteiger partial charge in [0.2, 0.25) is 0 Å². The van der Waals surface area contributed by atoms with Crippen LogP contribution in [0.1, 0.15) is 12.8 Å². The van der Waals surface area contributed by atoms with E-state index in [1.165, 1.54) is 0 Å². The third kappa shape index (κ3) is 3.02. The van der Waals surface area contributed by atoms with Crippen LogP contribution in [0.15, 0.2) is 35.8 Å². The predicted octanol–water partition coefficient (Wildman–Crippen LogP) is 4.31. The molecule has 1 saturated heterocycles. The van der Waals surface area contributed by atoms with E-state index in [9.17, 15) is 0 Å². The van der Waals surface area contributed by atoms with Crippen molar-refractivity contribution in [2.24, 2.45) is 4.99 Å². The van der Waals surface area contributed by atoms with E-state index in [0.29, 0.717) is 10.0 Å². The maximum absolute atomic E-state index is 6.10. The number of aliphatic imine (C=N–C) groups is 1. The van der Waals surface area contributed by atoms with E-state index in [-0.39, 0.29) is 0 Å². The molecule has 2 rings (SSSR count). The Morgan fingerprint density at radius 1 is 1.41 bits per heavy atom. The fourth-order valence-corrected chi connectivity index (χ4v) is 2.36. The van der Waals surface area contributed by atoms with Crippen molar-refractivity contribution >= 4 is 34.7 Å². The number of halogens is 2. The second-order valence-electron chi connectivity index (χ2n) is 3.96. The summed E-state index contributed by atoms with van der Waals surface area (Å²) in [6.07, 6.45) is 4.02. The molecular formula is C13H14Cl2N2. The fraction of sp³-hybridized carbons (Fsp3) is 0.308. The number of amidine groups is 1. The Bertz CT molecular complexity index is 455. The Kier molecular flexibility index (Phi) is 4.08. The first-order valence-corrected chi connectivity index (χ1v) is 6.35. The molecule has 1 fully saturated rings. The van der Waals surface area contributed by atoms with Gasteiger partial charge in [0.05, 0.1) is 10.7 Å². The van der Waals surface area contributed by atoms with Crippen molar-refractivity contribution in [2.45, 2.75) is 12.8 Å². The van der Waals surface area contributed by atoms with Gasteiger partial charge < -0.3 is 4.90 Å². The molecule has 0 N–H and O–H groups in total. The molecule has 90 valence electrons. The van der Waals surface area contributed by atoms with Gasteiger partial charge in [-0.2, -0.15) is 0 Å². The molecule has 0 aromatic heterocycles. The third-order valence-electron chi connectivity index (χ3n) is 2.70. The van der Waals surface area contributed by atoms with Crippen LogP contribution in [0.3, 0.4) is 0 Å². The standard InChI is InChI=1S/C13H14Cl2N2/c1-2-7-17-8-3-4-13(17)16-12-6-5-10(14)9-11(12)15/h2,5-6,9H,1,3-4,7-8H2. The molecule has 0 unspecified atom stereocenters. The summed E-state index contributed by atoms with van der Waals surface area (Å²) in [4.78, 5) is 6.82. The van der Waals surface area contributed by atoms with Crippen LogP contribution in [0.25, 0.3) is 0 Å². The summed E-state index contributed by atoms with van der Waals surface area (Å²) in [7, 11) is 0. The maximum atomic E-state index is 6.10. The first-order chi connectivity index (χ1) is 8.20. The molecule has 1 heterocycles. The molecule has 2 nitrogen and oxygen atoms in total. The summed E-state index contributed by atoms with van der Waals surface area (Å²) >= 11 is 12.0. The second kappa shape index (κ2) is 5.56. The summed E-state index contributed by atoms with van der Waals surface area (Å²) in [5, 5.41) is 1.23. The highest BCUT2D eigenvalue weighted by Gasteiger charge is 2.17. The molecule has 0 bridgehead atoms. The normalized spacial score (nSPS) is 17.8. The zero-order chi connectivity index (χ0) is 12.3. The lowest BCUT2D eigenvalue weighted by molar-refractivity contribution is 0.502. The number of benzene rings is 1. The van der Waals surface area contributed by atoms with Crippen LogP contribution in [-0.4, -0.2) is 23.8 Å². The Morgan fingerprint density at radius 2 is 2.24 bits per heavy atom. The van der Waals surface area contributed by atoms with Gasteiger partial charge in [-0.15, -0.1) is 6.58 Å². The van der Waals surface area contributed by atoms with Gasteiger partial charge in [0.15, 0.2) is 0 Å². The highest BCUT2D eigenvalue weighted by molar-refractivity contribution is 6.36. The Labute approximate surface area is 112 Å². The number of likely N-dealkylation sites (tertiary alicyclic amines) is 1. The summed E-state index contributed by atoms with van der Waals surface area (Å²) in [5.74, 6) is 1.08. The lowest BCUT2D eigenvalue weighted by Gasteiger charge is -2.16. The molecule has 17 heavy (non-hydrogen) atoms. The van der Waals surface area contributed by atoms with Crippen molar-refractivity contribution in [3.05, 3.63) is 40.9 Å². The van der Waals surface area contributed by atoms with E-state index < -0.39 is 0 Å². The minimum Gasteiger partial charge on any atom is -0.356 e. The fourth-order valence-electron chi connectivity index (χ4n) is 1.91. The van der Waals surface area contributed by atoms with Gasteiger partial charge >= 0.3 is 0 Å². The summed E-state index contributed by atoms with van der Waals surface area (Å²) in [6, 6.07) is 5.37. The lowest BCUT2D eigenvalue weighted by Crippen LogP contribution is -2.24. The molecule has 0 spiro atoms. The monoisotopic (exact) mass is 268 g/mol. The van der Waals surface area contributed by atoms with Crippen LogP contribution in [0, 0.1) is 0 Å². The van der Waals surface area contributed by atoms with Gasteiger partial charge in [0.25, 0.3) is 0 Å². The van der Waals surface area contributed by atoms with Crippen molar-refractivity contribution in [1.29, 1.82) is 0 Å². The van der Waals surface area contributed by atoms with Gasteiger partial charge in [0, 0.05) is 24.5 Å². The lowest BCUT2D eigenvalue weighted by atomic mass is 10.3. The highest BCUT2D eigenvalue weighted by Crippen LogP contribution is 2.29. The van der Waals surface area contributed by atoms with E-state index in [0.717, 1.165) is 37.5 Å². The minimum absolute atomic E-state index is 0.593. The van der Waals surface area contributed by atoms with Crippen LogP contribution in [-0.2, 0) is 0 Å². The third-order valence-corrected chi connectivity index (χ3v) is 3.24. The van der Waals surface area contributed by atoms with Crippen molar-refractivity contribution in [3.8, 4) is 0 Å². The molecule has 1 aliphatic rings. The average Bonchev–Trinajstić information content (AvgIpc) is 2.71. The number of hydrogen-bond donors (Lipinski definition) is 0. The predicted molar refractivity (Wildman–Crippen MR) is 74.6 cm³/mol. The van der Waals surface area contributed by atoms with E-state index in [1.807, 2.05) is 12.1 Å². The minimum atomic E-state index is 0.593. The number of hydrogen-bond acceptors (Lipinski definition) is 1. The number of nitrogens with zero attached hydrogens (tertiary/aromatic N) is 2. The topological polar surface area (TPSA) is 15.6 Å². The molecule has 1 aliphatic heterocycles. The SMILES string of the molecule is C=CCN1CCCC1=Nc1ccc(Cl)cc1Cl. The van der Waals surface area contributed by atoms with Crippen molar-refractivity contribution < 1.29 is 0 Å². The summed E-state index contributed by atoms with van der Waals surface area (Å²) in [5.41, 5.74) is 0.780. The van der Waals surface area contributed by atoms with Crippen molar-refractivity contribution in [2.75, 3.05) is 13.1 Å². The van der Waals surface area contributed by atoms with Crippen molar-refractivity contribution in [1.82, 2.24) is 4.90 Å². The van der Waals surface area contributed by atoms with E-state index in [2.05, 4.69) is 16.5 Å². The quantitative estimate of drug-likeness (QED) is 0.747. The molecule has 0 aliphatic carbocycles. The van der Waals surface area contributed by atoms with Crippen molar-refractivity contribution in [3.63, 3.8) is 0 Å². The Hall–Kier alpha value is -0.990. The molecule has 0 atom stereocenters. The molecule has 0 radical (unpaired) electrons. The van der Waals surface area contributed by atoms with Gasteiger partial charge in [0.1, 0.15) is 5.84 Å². The largest absolute Gasteiger partial charge is 0.356 e. The van der Waals surface area contributed by atoms with E-state index in [4.69, 9.17) is 23.2 Å². The molecule has 0 amide bonds. The van der Waals surface area contributed by atoms with Crippen LogP contribution in [0.5, 0.6) is 0 Å². The zero-order valence-corrected chi connectivity index (χ0v) is 11.0. The molecule has 1 aromatic rings. The van der Waals surface area contributed by atoms with Crippen LogP contribution in [0.2, 0.25) is 10.0 Å². The second-order valence-corrected chi connectivity index (χ2v) is 4.81. The maximum Gasteiger partial charge on any atom is 0.105 e. The average molecular weight is 269 g/mol. The van der Waals surface area contributed by atoms with Gasteiger partial charge in [-0.3, -0.25) is 0 Å². The molecule has 0 saturated carbocycles. The first-order valence-electron chi connectivity index (χ1n) is 5.59. The Balaban J connectivity index is 2.25.